The molecule has 18 heavy (non-hydrogen) atoms. The van der Waals surface area contributed by atoms with Gasteiger partial charge in [-0.3, -0.25) is 0 Å². The van der Waals surface area contributed by atoms with Crippen molar-refractivity contribution in [1.29, 1.82) is 0 Å². The number of esters is 1. The van der Waals surface area contributed by atoms with Gasteiger partial charge in [0.15, 0.2) is 0 Å². The van der Waals surface area contributed by atoms with Crippen molar-refractivity contribution in [2.24, 2.45) is 5.92 Å². The van der Waals surface area contributed by atoms with Crippen molar-refractivity contribution in [1.82, 2.24) is 0 Å². The van der Waals surface area contributed by atoms with E-state index in [2.05, 4.69) is 20.4 Å². The minimum Gasteiger partial charge on any atom is -0.462 e. The molecule has 0 aromatic rings. The molecule has 0 bridgehead atoms. The first-order chi connectivity index (χ1) is 8.74. The van der Waals surface area contributed by atoms with Gasteiger partial charge >= 0.3 is 5.97 Å². The molecular weight excluding hydrogens is 224 g/mol. The first kappa shape index (κ1) is 17.2. The fourth-order valence-corrected chi connectivity index (χ4v) is 2.10. The highest BCUT2D eigenvalue weighted by atomic mass is 16.5. The Morgan fingerprint density at radius 2 is 1.67 bits per heavy atom. The molecule has 0 heterocycles. The van der Waals surface area contributed by atoms with Gasteiger partial charge in [0.05, 0.1) is 6.61 Å². The number of unbranched alkanes of at least 4 members (excludes halogenated alkanes) is 5. The van der Waals surface area contributed by atoms with Gasteiger partial charge in [-0.05, 0) is 18.8 Å². The van der Waals surface area contributed by atoms with Crippen LogP contribution in [0.25, 0.3) is 0 Å². The van der Waals surface area contributed by atoms with Gasteiger partial charge in [0.2, 0.25) is 0 Å². The SMILES string of the molecule is C=CC(=O)OCC(CCCC)CCCCCCC. The molecule has 0 aromatic heterocycles. The smallest absolute Gasteiger partial charge is 0.330 e. The Labute approximate surface area is 113 Å². The van der Waals surface area contributed by atoms with E-state index in [0.717, 1.165) is 0 Å². The molecule has 1 atom stereocenters. The highest BCUT2D eigenvalue weighted by Gasteiger charge is 2.10. The molecule has 0 saturated heterocycles. The van der Waals surface area contributed by atoms with Crippen LogP contribution >= 0.6 is 0 Å². The Morgan fingerprint density at radius 3 is 2.28 bits per heavy atom. The largest absolute Gasteiger partial charge is 0.462 e. The highest BCUT2D eigenvalue weighted by Crippen LogP contribution is 2.18. The van der Waals surface area contributed by atoms with E-state index in [-0.39, 0.29) is 5.97 Å². The number of ether oxygens (including phenoxy) is 1. The molecule has 0 radical (unpaired) electrons. The van der Waals surface area contributed by atoms with Gasteiger partial charge in [-0.25, -0.2) is 4.79 Å². The van der Waals surface area contributed by atoms with Crippen LogP contribution in [0, 0.1) is 5.92 Å². The number of hydrogen-bond acceptors (Lipinski definition) is 2. The summed E-state index contributed by atoms with van der Waals surface area (Å²) in [5.41, 5.74) is 0. The summed E-state index contributed by atoms with van der Waals surface area (Å²) in [7, 11) is 0. The average Bonchev–Trinajstić information content (AvgIpc) is 2.40. The van der Waals surface area contributed by atoms with Gasteiger partial charge in [-0.1, -0.05) is 65.4 Å². The minimum atomic E-state index is -0.289. The van der Waals surface area contributed by atoms with Crippen molar-refractivity contribution in [2.45, 2.75) is 71.6 Å². The van der Waals surface area contributed by atoms with E-state index in [1.807, 2.05) is 0 Å². The van der Waals surface area contributed by atoms with E-state index in [1.54, 1.807) is 0 Å². The lowest BCUT2D eigenvalue weighted by Crippen LogP contribution is -2.13. The maximum Gasteiger partial charge on any atom is 0.330 e. The van der Waals surface area contributed by atoms with Gasteiger partial charge in [-0.2, -0.15) is 0 Å². The molecule has 0 aliphatic carbocycles. The molecule has 0 aliphatic rings. The van der Waals surface area contributed by atoms with Crippen LogP contribution in [0.2, 0.25) is 0 Å². The van der Waals surface area contributed by atoms with Gasteiger partial charge in [0.25, 0.3) is 0 Å². The summed E-state index contributed by atoms with van der Waals surface area (Å²) >= 11 is 0. The van der Waals surface area contributed by atoms with Crippen molar-refractivity contribution in [3.05, 3.63) is 12.7 Å². The molecular formula is C16H30O2. The standard InChI is InChI=1S/C16H30O2/c1-4-7-9-10-11-13-15(12-8-5-2)14-18-16(17)6-3/h6,15H,3-5,7-14H2,1-2H3. The van der Waals surface area contributed by atoms with Crippen LogP contribution < -0.4 is 0 Å². The van der Waals surface area contributed by atoms with E-state index in [0.29, 0.717) is 12.5 Å². The van der Waals surface area contributed by atoms with Crippen LogP contribution in [-0.4, -0.2) is 12.6 Å². The van der Waals surface area contributed by atoms with E-state index >= 15 is 0 Å². The van der Waals surface area contributed by atoms with Crippen LogP contribution in [0.4, 0.5) is 0 Å². The predicted molar refractivity (Wildman–Crippen MR) is 77.5 cm³/mol. The summed E-state index contributed by atoms with van der Waals surface area (Å²) in [5.74, 6) is 0.248. The normalized spacial score (nSPS) is 12.1. The Hall–Kier alpha value is -0.790. The summed E-state index contributed by atoms with van der Waals surface area (Å²) in [6.07, 6.45) is 12.6. The first-order valence-corrected chi connectivity index (χ1v) is 7.53. The summed E-state index contributed by atoms with van der Waals surface area (Å²) in [6, 6.07) is 0. The van der Waals surface area contributed by atoms with Crippen LogP contribution in [0.5, 0.6) is 0 Å². The zero-order valence-corrected chi connectivity index (χ0v) is 12.2. The van der Waals surface area contributed by atoms with Crippen molar-refractivity contribution in [2.75, 3.05) is 6.61 Å². The van der Waals surface area contributed by atoms with Gasteiger partial charge in [0, 0.05) is 6.08 Å². The molecule has 0 fully saturated rings. The van der Waals surface area contributed by atoms with Crippen molar-refractivity contribution < 1.29 is 9.53 Å². The molecule has 2 heteroatoms. The quantitative estimate of drug-likeness (QED) is 0.282. The van der Waals surface area contributed by atoms with E-state index in [1.165, 1.54) is 63.9 Å². The predicted octanol–water partition coefficient (Wildman–Crippen LogP) is 4.88. The molecule has 0 rings (SSSR count). The van der Waals surface area contributed by atoms with E-state index < -0.39 is 0 Å². The number of rotatable bonds is 12. The summed E-state index contributed by atoms with van der Waals surface area (Å²) < 4.78 is 5.17. The number of carbonyl (C=O) groups is 1. The molecule has 106 valence electrons. The van der Waals surface area contributed by atoms with Crippen LogP contribution in [-0.2, 0) is 9.53 Å². The Morgan fingerprint density at radius 1 is 1.06 bits per heavy atom. The van der Waals surface area contributed by atoms with Crippen LogP contribution in [0.1, 0.15) is 71.6 Å². The van der Waals surface area contributed by atoms with Crippen molar-refractivity contribution in [3.63, 3.8) is 0 Å². The zero-order chi connectivity index (χ0) is 13.6. The first-order valence-electron chi connectivity index (χ1n) is 7.53. The second-order valence-corrected chi connectivity index (χ2v) is 5.05. The number of carbonyl (C=O) groups excluding carboxylic acids is 1. The lowest BCUT2D eigenvalue weighted by molar-refractivity contribution is -0.139. The fourth-order valence-electron chi connectivity index (χ4n) is 2.10. The second kappa shape index (κ2) is 12.7. The van der Waals surface area contributed by atoms with Gasteiger partial charge < -0.3 is 4.74 Å². The minimum absolute atomic E-state index is 0.289. The van der Waals surface area contributed by atoms with Crippen molar-refractivity contribution >= 4 is 5.97 Å². The third-order valence-electron chi connectivity index (χ3n) is 3.31. The summed E-state index contributed by atoms with van der Waals surface area (Å²) in [6.45, 7) is 8.43. The molecule has 0 aliphatic heterocycles. The summed E-state index contributed by atoms with van der Waals surface area (Å²) in [4.78, 5) is 11.1. The maximum atomic E-state index is 11.1. The molecule has 0 N–H and O–H groups in total. The second-order valence-electron chi connectivity index (χ2n) is 5.05. The van der Waals surface area contributed by atoms with Crippen molar-refractivity contribution in [3.8, 4) is 0 Å². The molecule has 0 aromatic carbocycles. The fraction of sp³-hybridized carbons (Fsp3) is 0.812. The third-order valence-corrected chi connectivity index (χ3v) is 3.31. The Bertz CT molecular complexity index is 211. The lowest BCUT2D eigenvalue weighted by Gasteiger charge is -2.16. The maximum absolute atomic E-state index is 11.1. The molecule has 2 nitrogen and oxygen atoms in total. The highest BCUT2D eigenvalue weighted by molar-refractivity contribution is 5.81. The van der Waals surface area contributed by atoms with Crippen LogP contribution in [0.3, 0.4) is 0 Å². The van der Waals surface area contributed by atoms with Gasteiger partial charge in [-0.15, -0.1) is 0 Å². The Kier molecular flexibility index (Phi) is 12.1. The molecule has 1 unspecified atom stereocenters. The Balaban J connectivity index is 3.76. The zero-order valence-electron chi connectivity index (χ0n) is 12.2. The molecule has 0 spiro atoms. The van der Waals surface area contributed by atoms with Gasteiger partial charge in [0.1, 0.15) is 0 Å². The number of hydrogen-bond donors (Lipinski definition) is 0. The average molecular weight is 254 g/mol. The van der Waals surface area contributed by atoms with E-state index in [4.69, 9.17) is 4.74 Å². The molecule has 0 amide bonds. The molecule has 0 saturated carbocycles. The van der Waals surface area contributed by atoms with Crippen LogP contribution in [0.15, 0.2) is 12.7 Å². The summed E-state index contributed by atoms with van der Waals surface area (Å²) in [5, 5.41) is 0. The third kappa shape index (κ3) is 10.4. The topological polar surface area (TPSA) is 26.3 Å². The monoisotopic (exact) mass is 254 g/mol. The lowest BCUT2D eigenvalue weighted by atomic mass is 9.96. The van der Waals surface area contributed by atoms with E-state index in [9.17, 15) is 4.79 Å².